The molecular formula is C6H6N2OS. The molecule has 0 saturated carbocycles. The summed E-state index contributed by atoms with van der Waals surface area (Å²) >= 11 is 1.24. The van der Waals surface area contributed by atoms with Crippen LogP contribution in [0.4, 0.5) is 5.00 Å². The van der Waals surface area contributed by atoms with Crippen LogP contribution in [0.1, 0.15) is 0 Å². The lowest BCUT2D eigenvalue weighted by Gasteiger charge is -1.92. The second kappa shape index (κ2) is 3.12. The minimum absolute atomic E-state index is 0.204. The molecule has 10 heavy (non-hydrogen) atoms. The minimum Gasteiger partial charge on any atom is -0.313 e. The summed E-state index contributed by atoms with van der Waals surface area (Å²) in [4.78, 5) is 10.6. The number of hydrogen-bond donors (Lipinski definition) is 1. The molecule has 1 amide bonds. The number of aromatic nitrogens is 1. The molecule has 0 unspecified atom stereocenters. The van der Waals surface area contributed by atoms with Gasteiger partial charge in [-0.05, 0) is 23.7 Å². The summed E-state index contributed by atoms with van der Waals surface area (Å²) in [5.41, 5.74) is 0. The molecule has 0 aromatic carbocycles. The maximum atomic E-state index is 10.6. The third-order valence-electron chi connectivity index (χ3n) is 0.870. The predicted molar refractivity (Wildman–Crippen MR) is 40.9 cm³/mol. The summed E-state index contributed by atoms with van der Waals surface area (Å²) in [5.74, 6) is -0.204. The van der Waals surface area contributed by atoms with Crippen molar-refractivity contribution in [3.8, 4) is 0 Å². The highest BCUT2D eigenvalue weighted by Crippen LogP contribution is 2.10. The molecule has 1 aromatic heterocycles. The van der Waals surface area contributed by atoms with E-state index in [0.29, 0.717) is 0 Å². The summed E-state index contributed by atoms with van der Waals surface area (Å²) in [6, 6.07) is 1.73. The van der Waals surface area contributed by atoms with Gasteiger partial charge < -0.3 is 5.32 Å². The van der Waals surface area contributed by atoms with E-state index in [1.165, 1.54) is 17.6 Å². The molecule has 0 aliphatic carbocycles. The first-order valence-electron chi connectivity index (χ1n) is 2.67. The molecule has 1 N–H and O–H groups in total. The third kappa shape index (κ3) is 1.66. The van der Waals surface area contributed by atoms with Gasteiger partial charge in [0.25, 0.3) is 0 Å². The molecule has 4 heteroatoms. The molecule has 0 radical (unpaired) electrons. The van der Waals surface area contributed by atoms with Crippen molar-refractivity contribution in [1.82, 2.24) is 4.37 Å². The first-order valence-corrected chi connectivity index (χ1v) is 3.44. The van der Waals surface area contributed by atoms with Gasteiger partial charge in [0.15, 0.2) is 0 Å². The van der Waals surface area contributed by atoms with E-state index >= 15 is 0 Å². The second-order valence-corrected chi connectivity index (χ2v) is 2.40. The zero-order chi connectivity index (χ0) is 7.40. The van der Waals surface area contributed by atoms with E-state index in [0.717, 1.165) is 5.00 Å². The Bertz CT molecular complexity index is 230. The lowest BCUT2D eigenvalue weighted by atomic mass is 10.5. The van der Waals surface area contributed by atoms with E-state index in [4.69, 9.17) is 0 Å². The number of hydrogen-bond acceptors (Lipinski definition) is 3. The first-order chi connectivity index (χ1) is 4.83. The summed E-state index contributed by atoms with van der Waals surface area (Å²) in [6.07, 6.45) is 2.85. The summed E-state index contributed by atoms with van der Waals surface area (Å²) in [5, 5.41) is 3.31. The zero-order valence-corrected chi connectivity index (χ0v) is 6.02. The third-order valence-corrected chi connectivity index (χ3v) is 1.53. The van der Waals surface area contributed by atoms with Crippen LogP contribution >= 0.6 is 11.5 Å². The van der Waals surface area contributed by atoms with E-state index in [1.807, 2.05) is 0 Å². The van der Waals surface area contributed by atoms with Crippen LogP contribution in [0.2, 0.25) is 0 Å². The van der Waals surface area contributed by atoms with Crippen molar-refractivity contribution in [2.45, 2.75) is 0 Å². The van der Waals surface area contributed by atoms with Gasteiger partial charge in [0, 0.05) is 6.20 Å². The van der Waals surface area contributed by atoms with E-state index in [2.05, 4.69) is 16.3 Å². The molecule has 1 aromatic rings. The smallest absolute Gasteiger partial charge is 0.248 e. The highest BCUT2D eigenvalue weighted by atomic mass is 32.1. The van der Waals surface area contributed by atoms with Gasteiger partial charge in [-0.1, -0.05) is 6.58 Å². The highest BCUT2D eigenvalue weighted by molar-refractivity contribution is 7.10. The van der Waals surface area contributed by atoms with Gasteiger partial charge in [0.05, 0.1) is 0 Å². The van der Waals surface area contributed by atoms with Gasteiger partial charge in [-0.15, -0.1) is 0 Å². The Morgan fingerprint density at radius 2 is 2.70 bits per heavy atom. The van der Waals surface area contributed by atoms with Gasteiger partial charge in [-0.3, -0.25) is 4.79 Å². The summed E-state index contributed by atoms with van der Waals surface area (Å²) in [6.45, 7) is 3.31. The molecule has 0 aliphatic rings. The molecule has 3 nitrogen and oxygen atoms in total. The zero-order valence-electron chi connectivity index (χ0n) is 5.20. The van der Waals surface area contributed by atoms with Gasteiger partial charge >= 0.3 is 0 Å². The van der Waals surface area contributed by atoms with Crippen molar-refractivity contribution in [1.29, 1.82) is 0 Å². The Labute approximate surface area is 62.5 Å². The van der Waals surface area contributed by atoms with Crippen molar-refractivity contribution >= 4 is 22.4 Å². The maximum Gasteiger partial charge on any atom is 0.248 e. The second-order valence-electron chi connectivity index (χ2n) is 1.57. The fourth-order valence-corrected chi connectivity index (χ4v) is 0.956. The molecule has 1 heterocycles. The number of anilines is 1. The Morgan fingerprint density at radius 1 is 1.90 bits per heavy atom. The normalized spacial score (nSPS) is 8.80. The molecule has 0 fully saturated rings. The number of nitrogens with one attached hydrogen (secondary N) is 1. The van der Waals surface area contributed by atoms with Crippen LogP contribution in [-0.4, -0.2) is 10.3 Å². The first kappa shape index (κ1) is 6.95. The number of carbonyl (C=O) groups is 1. The molecule has 0 saturated heterocycles. The minimum atomic E-state index is -0.204. The molecule has 52 valence electrons. The van der Waals surface area contributed by atoms with E-state index < -0.39 is 0 Å². The van der Waals surface area contributed by atoms with Crippen LogP contribution in [0, 0.1) is 0 Å². The van der Waals surface area contributed by atoms with Gasteiger partial charge in [-0.2, -0.15) is 4.37 Å². The largest absolute Gasteiger partial charge is 0.313 e. The lowest BCUT2D eigenvalue weighted by molar-refractivity contribution is -0.111. The fraction of sp³-hybridized carbons (Fsp3) is 0. The average Bonchev–Trinajstić information content (AvgIpc) is 2.40. The van der Waals surface area contributed by atoms with Crippen molar-refractivity contribution in [2.75, 3.05) is 5.32 Å². The van der Waals surface area contributed by atoms with E-state index in [-0.39, 0.29) is 5.91 Å². The Hall–Kier alpha value is -1.16. The number of nitrogens with zero attached hydrogens (tertiary/aromatic N) is 1. The SMILES string of the molecule is C=CC(=O)Nc1ccns1. The van der Waals surface area contributed by atoms with Crippen LogP contribution in [0.5, 0.6) is 0 Å². The number of carbonyl (C=O) groups excluding carboxylic acids is 1. The van der Waals surface area contributed by atoms with Crippen molar-refractivity contribution < 1.29 is 4.79 Å². The molecule has 0 bridgehead atoms. The van der Waals surface area contributed by atoms with Crippen LogP contribution in [0.15, 0.2) is 24.9 Å². The van der Waals surface area contributed by atoms with Gasteiger partial charge in [-0.25, -0.2) is 0 Å². The van der Waals surface area contributed by atoms with Crippen molar-refractivity contribution in [3.63, 3.8) is 0 Å². The monoisotopic (exact) mass is 154 g/mol. The van der Waals surface area contributed by atoms with E-state index in [1.54, 1.807) is 12.3 Å². The maximum absolute atomic E-state index is 10.6. The Morgan fingerprint density at radius 3 is 3.20 bits per heavy atom. The molecule has 0 spiro atoms. The summed E-state index contributed by atoms with van der Waals surface area (Å²) < 4.78 is 3.80. The molecule has 1 rings (SSSR count). The summed E-state index contributed by atoms with van der Waals surface area (Å²) in [7, 11) is 0. The number of amides is 1. The number of rotatable bonds is 2. The van der Waals surface area contributed by atoms with Gasteiger partial charge in [0.2, 0.25) is 5.91 Å². The average molecular weight is 154 g/mol. The van der Waals surface area contributed by atoms with Crippen LogP contribution in [0.25, 0.3) is 0 Å². The lowest BCUT2D eigenvalue weighted by Crippen LogP contribution is -2.05. The van der Waals surface area contributed by atoms with E-state index in [9.17, 15) is 4.79 Å². The standard InChI is InChI=1S/C6H6N2OS/c1-2-5(9)8-6-3-4-7-10-6/h2-4H,1H2,(H,8,9). The van der Waals surface area contributed by atoms with Crippen LogP contribution < -0.4 is 5.32 Å². The van der Waals surface area contributed by atoms with Crippen LogP contribution in [0.3, 0.4) is 0 Å². The van der Waals surface area contributed by atoms with Crippen molar-refractivity contribution in [2.24, 2.45) is 0 Å². The molecule has 0 aliphatic heterocycles. The molecule has 0 atom stereocenters. The topological polar surface area (TPSA) is 42.0 Å². The van der Waals surface area contributed by atoms with Gasteiger partial charge in [0.1, 0.15) is 5.00 Å². The highest BCUT2D eigenvalue weighted by Gasteiger charge is 1.95. The predicted octanol–water partition coefficient (Wildman–Crippen LogP) is 1.27. The Balaban J connectivity index is 2.56. The van der Waals surface area contributed by atoms with Crippen LogP contribution in [-0.2, 0) is 4.79 Å². The molecular weight excluding hydrogens is 148 g/mol. The van der Waals surface area contributed by atoms with Crippen molar-refractivity contribution in [3.05, 3.63) is 24.9 Å². The quantitative estimate of drug-likeness (QED) is 0.652. The Kier molecular flexibility index (Phi) is 2.17. The fourth-order valence-electron chi connectivity index (χ4n) is 0.453.